The summed E-state index contributed by atoms with van der Waals surface area (Å²) >= 11 is 0. The van der Waals surface area contributed by atoms with Crippen LogP contribution in [0.2, 0.25) is 0 Å². The fourth-order valence-electron chi connectivity index (χ4n) is 2.36. The molecule has 134 valence electrons. The van der Waals surface area contributed by atoms with E-state index in [1.54, 1.807) is 26.4 Å². The Labute approximate surface area is 148 Å². The van der Waals surface area contributed by atoms with Crippen molar-refractivity contribution in [3.8, 4) is 17.2 Å². The quantitative estimate of drug-likeness (QED) is 0.769. The molecule has 6 nitrogen and oxygen atoms in total. The van der Waals surface area contributed by atoms with Crippen molar-refractivity contribution in [3.63, 3.8) is 0 Å². The Kier molecular flexibility index (Phi) is 6.95. The van der Waals surface area contributed by atoms with Crippen LogP contribution in [-0.4, -0.2) is 33.4 Å². The third-order valence-electron chi connectivity index (χ3n) is 3.59. The summed E-state index contributed by atoms with van der Waals surface area (Å²) in [6, 6.07) is 12.6. The van der Waals surface area contributed by atoms with E-state index in [4.69, 9.17) is 14.2 Å². The highest BCUT2D eigenvalue weighted by molar-refractivity contribution is 5.89. The van der Waals surface area contributed by atoms with E-state index in [9.17, 15) is 4.79 Å². The van der Waals surface area contributed by atoms with Crippen LogP contribution in [-0.2, 0) is 6.42 Å². The monoisotopic (exact) mass is 344 g/mol. The first kappa shape index (κ1) is 18.4. The summed E-state index contributed by atoms with van der Waals surface area (Å²) in [5.41, 5.74) is 1.68. The lowest BCUT2D eigenvalue weighted by Crippen LogP contribution is -2.30. The summed E-state index contributed by atoms with van der Waals surface area (Å²) < 4.78 is 15.9. The van der Waals surface area contributed by atoms with Crippen LogP contribution in [0.1, 0.15) is 12.5 Å². The molecule has 2 amide bonds. The average Bonchev–Trinajstić information content (AvgIpc) is 2.63. The first-order valence-electron chi connectivity index (χ1n) is 8.15. The molecule has 0 spiro atoms. The Morgan fingerprint density at radius 1 is 1.00 bits per heavy atom. The molecule has 0 aliphatic rings. The van der Waals surface area contributed by atoms with Crippen molar-refractivity contribution in [1.29, 1.82) is 0 Å². The van der Waals surface area contributed by atoms with Crippen molar-refractivity contribution < 1.29 is 19.0 Å². The minimum absolute atomic E-state index is 0.258. The molecular weight excluding hydrogens is 320 g/mol. The summed E-state index contributed by atoms with van der Waals surface area (Å²) in [6.07, 6.45) is 0.636. The van der Waals surface area contributed by atoms with E-state index in [1.165, 1.54) is 0 Å². The summed E-state index contributed by atoms with van der Waals surface area (Å²) in [5.74, 6) is 2.31. The number of hydrogen-bond donors (Lipinski definition) is 2. The molecule has 0 aliphatic heterocycles. The molecule has 6 heteroatoms. The van der Waals surface area contributed by atoms with Gasteiger partial charge in [0.05, 0.1) is 20.8 Å². The molecule has 0 aromatic heterocycles. The van der Waals surface area contributed by atoms with Gasteiger partial charge in [0.1, 0.15) is 17.2 Å². The van der Waals surface area contributed by atoms with Gasteiger partial charge >= 0.3 is 6.03 Å². The summed E-state index contributed by atoms with van der Waals surface area (Å²) in [4.78, 5) is 12.0. The zero-order valence-corrected chi connectivity index (χ0v) is 14.8. The van der Waals surface area contributed by atoms with Gasteiger partial charge in [0.15, 0.2) is 0 Å². The van der Waals surface area contributed by atoms with Gasteiger partial charge in [-0.05, 0) is 61.4 Å². The minimum Gasteiger partial charge on any atom is -0.497 e. The first-order valence-corrected chi connectivity index (χ1v) is 8.15. The third-order valence-corrected chi connectivity index (χ3v) is 3.59. The van der Waals surface area contributed by atoms with E-state index in [-0.39, 0.29) is 6.03 Å². The standard InChI is InChI=1S/C19H24N2O4/c1-4-25-16-7-5-15(6-8-16)21-19(22)20-12-11-14-13-17(23-2)9-10-18(14)24-3/h5-10,13H,4,11-12H2,1-3H3,(H2,20,21,22). The third kappa shape index (κ3) is 5.60. The smallest absolute Gasteiger partial charge is 0.319 e. The maximum Gasteiger partial charge on any atom is 0.319 e. The van der Waals surface area contributed by atoms with Crippen molar-refractivity contribution in [1.82, 2.24) is 5.32 Å². The number of methoxy groups -OCH3 is 2. The molecule has 0 bridgehead atoms. The van der Waals surface area contributed by atoms with Gasteiger partial charge in [0.25, 0.3) is 0 Å². The van der Waals surface area contributed by atoms with Crippen LogP contribution in [0.15, 0.2) is 42.5 Å². The molecule has 2 rings (SSSR count). The van der Waals surface area contributed by atoms with Gasteiger partial charge in [-0.3, -0.25) is 0 Å². The number of benzene rings is 2. The molecule has 2 aromatic rings. The average molecular weight is 344 g/mol. The zero-order valence-electron chi connectivity index (χ0n) is 14.8. The number of hydrogen-bond acceptors (Lipinski definition) is 4. The molecule has 0 fully saturated rings. The number of urea groups is 1. The van der Waals surface area contributed by atoms with Gasteiger partial charge < -0.3 is 24.8 Å². The second kappa shape index (κ2) is 9.42. The van der Waals surface area contributed by atoms with E-state index < -0.39 is 0 Å². The van der Waals surface area contributed by atoms with Crippen LogP contribution >= 0.6 is 0 Å². The Morgan fingerprint density at radius 3 is 2.36 bits per heavy atom. The SMILES string of the molecule is CCOc1ccc(NC(=O)NCCc2cc(OC)ccc2OC)cc1. The van der Waals surface area contributed by atoms with Crippen molar-refractivity contribution in [3.05, 3.63) is 48.0 Å². The zero-order chi connectivity index (χ0) is 18.1. The molecule has 0 atom stereocenters. The van der Waals surface area contributed by atoms with Crippen molar-refractivity contribution in [2.24, 2.45) is 0 Å². The van der Waals surface area contributed by atoms with E-state index in [1.807, 2.05) is 37.3 Å². The second-order valence-corrected chi connectivity index (χ2v) is 5.27. The molecule has 0 aliphatic carbocycles. The normalized spacial score (nSPS) is 10.0. The van der Waals surface area contributed by atoms with E-state index in [0.717, 1.165) is 22.8 Å². The highest BCUT2D eigenvalue weighted by Crippen LogP contribution is 2.24. The summed E-state index contributed by atoms with van der Waals surface area (Å²) in [6.45, 7) is 3.02. The largest absolute Gasteiger partial charge is 0.497 e. The van der Waals surface area contributed by atoms with Gasteiger partial charge in [-0.2, -0.15) is 0 Å². The van der Waals surface area contributed by atoms with Crippen LogP contribution in [0.3, 0.4) is 0 Å². The molecule has 2 aromatic carbocycles. The molecule has 0 saturated heterocycles. The molecule has 0 unspecified atom stereocenters. The molecule has 0 radical (unpaired) electrons. The Balaban J connectivity index is 1.84. The van der Waals surface area contributed by atoms with Gasteiger partial charge in [-0.25, -0.2) is 4.79 Å². The number of anilines is 1. The lowest BCUT2D eigenvalue weighted by Gasteiger charge is -2.12. The van der Waals surface area contributed by atoms with E-state index in [0.29, 0.717) is 25.3 Å². The lowest BCUT2D eigenvalue weighted by atomic mass is 10.1. The fourth-order valence-corrected chi connectivity index (χ4v) is 2.36. The summed E-state index contributed by atoms with van der Waals surface area (Å²) in [5, 5.41) is 5.62. The van der Waals surface area contributed by atoms with Gasteiger partial charge in [-0.1, -0.05) is 0 Å². The molecule has 2 N–H and O–H groups in total. The molecular formula is C19H24N2O4. The summed E-state index contributed by atoms with van der Waals surface area (Å²) in [7, 11) is 3.24. The van der Waals surface area contributed by atoms with Crippen LogP contribution < -0.4 is 24.8 Å². The van der Waals surface area contributed by atoms with Crippen LogP contribution in [0.4, 0.5) is 10.5 Å². The van der Waals surface area contributed by atoms with Gasteiger partial charge in [0, 0.05) is 12.2 Å². The van der Waals surface area contributed by atoms with Crippen molar-refractivity contribution in [2.45, 2.75) is 13.3 Å². The van der Waals surface area contributed by atoms with Crippen LogP contribution in [0.25, 0.3) is 0 Å². The van der Waals surface area contributed by atoms with Crippen LogP contribution in [0, 0.1) is 0 Å². The number of carbonyl (C=O) groups is 1. The highest BCUT2D eigenvalue weighted by atomic mass is 16.5. The van der Waals surface area contributed by atoms with E-state index in [2.05, 4.69) is 10.6 Å². The predicted octanol–water partition coefficient (Wildman–Crippen LogP) is 3.47. The van der Waals surface area contributed by atoms with Gasteiger partial charge in [-0.15, -0.1) is 0 Å². The molecule has 0 heterocycles. The highest BCUT2D eigenvalue weighted by Gasteiger charge is 2.07. The Bertz CT molecular complexity index is 686. The predicted molar refractivity (Wildman–Crippen MR) is 97.9 cm³/mol. The number of ether oxygens (including phenoxy) is 3. The second-order valence-electron chi connectivity index (χ2n) is 5.27. The number of carbonyl (C=O) groups excluding carboxylic acids is 1. The molecule has 0 saturated carbocycles. The number of nitrogens with one attached hydrogen (secondary N) is 2. The topological polar surface area (TPSA) is 68.8 Å². The van der Waals surface area contributed by atoms with Crippen molar-refractivity contribution in [2.75, 3.05) is 32.7 Å². The maximum atomic E-state index is 12.0. The number of amides is 2. The Morgan fingerprint density at radius 2 is 1.72 bits per heavy atom. The lowest BCUT2D eigenvalue weighted by molar-refractivity contribution is 0.252. The number of rotatable bonds is 8. The minimum atomic E-state index is -0.258. The first-order chi connectivity index (χ1) is 12.2. The maximum absolute atomic E-state index is 12.0. The van der Waals surface area contributed by atoms with E-state index >= 15 is 0 Å². The van der Waals surface area contributed by atoms with Gasteiger partial charge in [0.2, 0.25) is 0 Å². The van der Waals surface area contributed by atoms with Crippen LogP contribution in [0.5, 0.6) is 17.2 Å². The Hall–Kier alpha value is -2.89. The molecule has 25 heavy (non-hydrogen) atoms. The fraction of sp³-hybridized carbons (Fsp3) is 0.316. The van der Waals surface area contributed by atoms with Crippen molar-refractivity contribution >= 4 is 11.7 Å².